The Hall–Kier alpha value is -1.84. The van der Waals surface area contributed by atoms with Crippen LogP contribution >= 0.6 is 27.3 Å². The molecule has 1 N–H and O–H groups in total. The van der Waals surface area contributed by atoms with Gasteiger partial charge in [0.25, 0.3) is 0 Å². The fourth-order valence-electron chi connectivity index (χ4n) is 2.45. The summed E-state index contributed by atoms with van der Waals surface area (Å²) in [6.45, 7) is 3.34. The molecule has 0 bridgehead atoms. The van der Waals surface area contributed by atoms with Crippen molar-refractivity contribution >= 4 is 44.2 Å². The van der Waals surface area contributed by atoms with Crippen LogP contribution in [0.2, 0.25) is 0 Å². The molecule has 0 radical (unpaired) electrons. The van der Waals surface area contributed by atoms with Gasteiger partial charge in [0.05, 0.1) is 6.61 Å². The number of carbonyl (C=O) groups is 2. The maximum atomic E-state index is 12.3. The van der Waals surface area contributed by atoms with Crippen molar-refractivity contribution in [1.29, 1.82) is 0 Å². The highest BCUT2D eigenvalue weighted by Crippen LogP contribution is 2.27. The number of unbranched alkanes of at least 4 members (excludes halogenated alkanes) is 1. The first-order chi connectivity index (χ1) is 13.5. The van der Waals surface area contributed by atoms with E-state index >= 15 is 0 Å². The Morgan fingerprint density at radius 3 is 2.61 bits per heavy atom. The number of carbonyl (C=O) groups excluding carboxylic acids is 2. The van der Waals surface area contributed by atoms with E-state index in [1.807, 2.05) is 31.2 Å². The number of aromatic nitrogens is 2. The highest BCUT2D eigenvalue weighted by atomic mass is 79.9. The van der Waals surface area contributed by atoms with Gasteiger partial charge in [0.15, 0.2) is 0 Å². The van der Waals surface area contributed by atoms with E-state index in [9.17, 15) is 9.59 Å². The van der Waals surface area contributed by atoms with Gasteiger partial charge in [-0.05, 0) is 18.6 Å². The molecular formula is C19H25BrN4O3S. The van der Waals surface area contributed by atoms with Crippen LogP contribution in [0.3, 0.4) is 0 Å². The average Bonchev–Trinajstić information content (AvgIpc) is 3.15. The number of rotatable bonds is 11. The van der Waals surface area contributed by atoms with Crippen LogP contribution < -0.4 is 5.32 Å². The summed E-state index contributed by atoms with van der Waals surface area (Å²) in [5.41, 5.74) is 0.938. The fourth-order valence-corrected chi connectivity index (χ4v) is 3.48. The molecule has 0 unspecified atom stereocenters. The van der Waals surface area contributed by atoms with Crippen LogP contribution in [-0.4, -0.2) is 53.7 Å². The predicted octanol–water partition coefficient (Wildman–Crippen LogP) is 3.96. The van der Waals surface area contributed by atoms with Gasteiger partial charge in [0.1, 0.15) is 5.01 Å². The first-order valence-corrected chi connectivity index (χ1v) is 10.8. The lowest BCUT2D eigenvalue weighted by Gasteiger charge is -2.22. The molecule has 0 saturated carbocycles. The van der Waals surface area contributed by atoms with Gasteiger partial charge in [0, 0.05) is 43.1 Å². The molecule has 0 atom stereocenters. The lowest BCUT2D eigenvalue weighted by molar-refractivity contribution is -0.132. The average molecular weight is 469 g/mol. The van der Waals surface area contributed by atoms with Crippen molar-refractivity contribution in [2.75, 3.05) is 32.1 Å². The van der Waals surface area contributed by atoms with Crippen molar-refractivity contribution < 1.29 is 14.3 Å². The minimum absolute atomic E-state index is 0.0557. The number of hydrogen-bond acceptors (Lipinski definition) is 6. The summed E-state index contributed by atoms with van der Waals surface area (Å²) in [4.78, 5) is 26.2. The minimum atomic E-state index is -0.191. The summed E-state index contributed by atoms with van der Waals surface area (Å²) in [7, 11) is 1.60. The van der Waals surface area contributed by atoms with Crippen LogP contribution in [0.1, 0.15) is 32.6 Å². The predicted molar refractivity (Wildman–Crippen MR) is 114 cm³/mol. The topological polar surface area (TPSA) is 84.4 Å². The summed E-state index contributed by atoms with van der Waals surface area (Å²) >= 11 is 4.71. The first kappa shape index (κ1) is 22.4. The van der Waals surface area contributed by atoms with Crippen LogP contribution in [0.15, 0.2) is 28.7 Å². The molecule has 1 heterocycles. The van der Waals surface area contributed by atoms with Crippen molar-refractivity contribution in [3.63, 3.8) is 0 Å². The monoisotopic (exact) mass is 468 g/mol. The van der Waals surface area contributed by atoms with Crippen molar-refractivity contribution in [3.05, 3.63) is 28.7 Å². The number of halogens is 1. The van der Waals surface area contributed by atoms with E-state index in [1.165, 1.54) is 11.3 Å². The van der Waals surface area contributed by atoms with Crippen LogP contribution in [0, 0.1) is 0 Å². The van der Waals surface area contributed by atoms with Crippen molar-refractivity contribution in [2.45, 2.75) is 32.6 Å². The zero-order valence-electron chi connectivity index (χ0n) is 16.1. The zero-order valence-corrected chi connectivity index (χ0v) is 18.5. The maximum Gasteiger partial charge on any atom is 0.227 e. The zero-order chi connectivity index (χ0) is 20.4. The Morgan fingerprint density at radius 2 is 1.93 bits per heavy atom. The molecule has 0 aliphatic rings. The van der Waals surface area contributed by atoms with E-state index in [0.29, 0.717) is 31.2 Å². The summed E-state index contributed by atoms with van der Waals surface area (Å²) in [5, 5.41) is 12.1. The minimum Gasteiger partial charge on any atom is -0.383 e. The molecule has 0 saturated heterocycles. The smallest absolute Gasteiger partial charge is 0.227 e. The van der Waals surface area contributed by atoms with E-state index in [1.54, 1.807) is 12.0 Å². The standard InChI is InChI=1S/C19H25BrN4O3S/c1-3-4-5-17(26)24(12-13-27-2)11-10-16(25)21-19-23-22-18(28-19)14-6-8-15(20)9-7-14/h6-9H,3-5,10-13H2,1-2H3,(H,21,23,25). The molecule has 2 amide bonds. The SMILES string of the molecule is CCCCC(=O)N(CCOC)CCC(=O)Nc1nnc(-c2ccc(Br)cc2)s1. The van der Waals surface area contributed by atoms with Gasteiger partial charge < -0.3 is 15.0 Å². The molecule has 2 rings (SSSR count). The number of methoxy groups -OCH3 is 1. The van der Waals surface area contributed by atoms with Crippen molar-refractivity contribution in [3.8, 4) is 10.6 Å². The molecular weight excluding hydrogens is 444 g/mol. The third kappa shape index (κ3) is 7.29. The quantitative estimate of drug-likeness (QED) is 0.539. The van der Waals surface area contributed by atoms with Crippen LogP contribution in [-0.2, 0) is 14.3 Å². The molecule has 0 aliphatic heterocycles. The summed E-state index contributed by atoms with van der Waals surface area (Å²) in [6.07, 6.45) is 2.50. The van der Waals surface area contributed by atoms with Crippen LogP contribution in [0.25, 0.3) is 10.6 Å². The number of amides is 2. The highest BCUT2D eigenvalue weighted by Gasteiger charge is 2.15. The third-order valence-electron chi connectivity index (χ3n) is 4.03. The molecule has 2 aromatic rings. The van der Waals surface area contributed by atoms with Crippen molar-refractivity contribution in [2.24, 2.45) is 0 Å². The third-order valence-corrected chi connectivity index (χ3v) is 5.45. The van der Waals surface area contributed by atoms with E-state index in [-0.39, 0.29) is 18.2 Å². The number of ether oxygens (including phenoxy) is 1. The van der Waals surface area contributed by atoms with Gasteiger partial charge in [-0.1, -0.05) is 52.7 Å². The summed E-state index contributed by atoms with van der Waals surface area (Å²) < 4.78 is 6.05. The van der Waals surface area contributed by atoms with Crippen LogP contribution in [0.5, 0.6) is 0 Å². The molecule has 28 heavy (non-hydrogen) atoms. The van der Waals surface area contributed by atoms with Gasteiger partial charge >= 0.3 is 0 Å². The Kier molecular flexibility index (Phi) is 9.52. The second-order valence-electron chi connectivity index (χ2n) is 6.19. The Bertz CT molecular complexity index is 767. The van der Waals surface area contributed by atoms with Gasteiger partial charge in [-0.3, -0.25) is 9.59 Å². The molecule has 9 heteroatoms. The van der Waals surface area contributed by atoms with Crippen molar-refractivity contribution in [1.82, 2.24) is 15.1 Å². The lowest BCUT2D eigenvalue weighted by atomic mass is 10.2. The lowest BCUT2D eigenvalue weighted by Crippen LogP contribution is -2.36. The molecule has 0 spiro atoms. The number of anilines is 1. The molecule has 0 aliphatic carbocycles. The highest BCUT2D eigenvalue weighted by molar-refractivity contribution is 9.10. The van der Waals surface area contributed by atoms with E-state index < -0.39 is 0 Å². The molecule has 0 fully saturated rings. The fraction of sp³-hybridized carbons (Fsp3) is 0.474. The number of nitrogens with one attached hydrogen (secondary N) is 1. The second-order valence-corrected chi connectivity index (χ2v) is 8.09. The largest absolute Gasteiger partial charge is 0.383 e. The normalized spacial score (nSPS) is 10.7. The van der Waals surface area contributed by atoms with E-state index in [2.05, 4.69) is 31.4 Å². The van der Waals surface area contributed by atoms with Gasteiger partial charge in [-0.2, -0.15) is 0 Å². The summed E-state index contributed by atoms with van der Waals surface area (Å²) in [6, 6.07) is 7.73. The van der Waals surface area contributed by atoms with Gasteiger partial charge in [-0.25, -0.2) is 0 Å². The van der Waals surface area contributed by atoms with E-state index in [4.69, 9.17) is 4.74 Å². The number of benzene rings is 1. The van der Waals surface area contributed by atoms with Gasteiger partial charge in [-0.15, -0.1) is 10.2 Å². The molecule has 1 aromatic carbocycles. The first-order valence-electron chi connectivity index (χ1n) is 9.19. The second kappa shape index (κ2) is 11.9. The summed E-state index contributed by atoms with van der Waals surface area (Å²) in [5.74, 6) is -0.135. The van der Waals surface area contributed by atoms with Gasteiger partial charge in [0.2, 0.25) is 16.9 Å². The molecule has 1 aromatic heterocycles. The van der Waals surface area contributed by atoms with E-state index in [0.717, 1.165) is 27.9 Å². The molecule has 7 nitrogen and oxygen atoms in total. The number of hydrogen-bond donors (Lipinski definition) is 1. The Morgan fingerprint density at radius 1 is 1.18 bits per heavy atom. The molecule has 152 valence electrons. The maximum absolute atomic E-state index is 12.3. The Labute approximate surface area is 177 Å². The Balaban J connectivity index is 1.88. The van der Waals surface area contributed by atoms with Crippen LogP contribution in [0.4, 0.5) is 5.13 Å². The number of nitrogens with zero attached hydrogens (tertiary/aromatic N) is 3.